The van der Waals surface area contributed by atoms with Gasteiger partial charge in [0.2, 0.25) is 0 Å². The summed E-state index contributed by atoms with van der Waals surface area (Å²) in [5.74, 6) is 0.554. The number of aliphatic hydroxyl groups excluding tert-OH is 1. The Labute approximate surface area is 114 Å². The molecule has 0 bridgehead atoms. The van der Waals surface area contributed by atoms with Gasteiger partial charge in [-0.3, -0.25) is 4.98 Å². The van der Waals surface area contributed by atoms with E-state index < -0.39 is 0 Å². The van der Waals surface area contributed by atoms with E-state index in [0.29, 0.717) is 5.92 Å². The van der Waals surface area contributed by atoms with Crippen LogP contribution < -0.4 is 5.32 Å². The van der Waals surface area contributed by atoms with Crippen LogP contribution in [0, 0.1) is 5.92 Å². The van der Waals surface area contributed by atoms with E-state index in [4.69, 9.17) is 5.11 Å². The highest BCUT2D eigenvalue weighted by molar-refractivity contribution is 5.81. The molecular formula is C16H22N2O. The number of nitrogens with one attached hydrogen (secondary N) is 1. The highest BCUT2D eigenvalue weighted by atomic mass is 16.3. The summed E-state index contributed by atoms with van der Waals surface area (Å²) in [6, 6.07) is 10.3. The lowest BCUT2D eigenvalue weighted by atomic mass is 10.0. The zero-order valence-corrected chi connectivity index (χ0v) is 11.5. The second-order valence-corrected chi connectivity index (χ2v) is 4.90. The quantitative estimate of drug-likeness (QED) is 0.802. The van der Waals surface area contributed by atoms with Crippen LogP contribution in [0.3, 0.4) is 0 Å². The second-order valence-electron chi connectivity index (χ2n) is 4.90. The first kappa shape index (κ1) is 14.0. The van der Waals surface area contributed by atoms with E-state index in [1.807, 2.05) is 24.4 Å². The molecule has 0 fully saturated rings. The Morgan fingerprint density at radius 3 is 2.89 bits per heavy atom. The second kappa shape index (κ2) is 7.22. The summed E-state index contributed by atoms with van der Waals surface area (Å²) >= 11 is 0. The average Bonchev–Trinajstić information content (AvgIpc) is 2.46. The SMILES string of the molecule is CCC(CCO)CNCc1ccnc2ccccc12. The van der Waals surface area contributed by atoms with Crippen molar-refractivity contribution in [2.75, 3.05) is 13.2 Å². The molecule has 2 rings (SSSR count). The van der Waals surface area contributed by atoms with Crippen LogP contribution in [-0.4, -0.2) is 23.2 Å². The molecule has 0 spiro atoms. The first-order valence-electron chi connectivity index (χ1n) is 6.99. The number of fused-ring (bicyclic) bond motifs is 1. The predicted molar refractivity (Wildman–Crippen MR) is 78.9 cm³/mol. The number of hydrogen-bond acceptors (Lipinski definition) is 3. The van der Waals surface area contributed by atoms with Crippen LogP contribution in [0.5, 0.6) is 0 Å². The van der Waals surface area contributed by atoms with Crippen molar-refractivity contribution < 1.29 is 5.11 Å². The number of nitrogens with zero attached hydrogens (tertiary/aromatic N) is 1. The average molecular weight is 258 g/mol. The first-order valence-corrected chi connectivity index (χ1v) is 6.99. The van der Waals surface area contributed by atoms with Gasteiger partial charge in [0, 0.05) is 24.7 Å². The number of pyridine rings is 1. The van der Waals surface area contributed by atoms with Crippen molar-refractivity contribution in [2.45, 2.75) is 26.3 Å². The molecule has 0 amide bonds. The molecule has 0 saturated carbocycles. The fourth-order valence-corrected chi connectivity index (χ4v) is 2.35. The van der Waals surface area contributed by atoms with Crippen molar-refractivity contribution in [2.24, 2.45) is 5.92 Å². The van der Waals surface area contributed by atoms with Gasteiger partial charge in [0.05, 0.1) is 5.52 Å². The molecule has 1 unspecified atom stereocenters. The van der Waals surface area contributed by atoms with E-state index in [9.17, 15) is 0 Å². The monoisotopic (exact) mass is 258 g/mol. The van der Waals surface area contributed by atoms with E-state index in [-0.39, 0.29) is 6.61 Å². The summed E-state index contributed by atoms with van der Waals surface area (Å²) in [5.41, 5.74) is 2.33. The van der Waals surface area contributed by atoms with E-state index in [2.05, 4.69) is 29.4 Å². The molecule has 0 aliphatic carbocycles. The number of aliphatic hydroxyl groups is 1. The summed E-state index contributed by atoms with van der Waals surface area (Å²) in [4.78, 5) is 4.37. The number of benzene rings is 1. The van der Waals surface area contributed by atoms with E-state index >= 15 is 0 Å². The van der Waals surface area contributed by atoms with Crippen LogP contribution in [0.15, 0.2) is 36.5 Å². The molecule has 2 aromatic rings. The van der Waals surface area contributed by atoms with Gasteiger partial charge in [0.1, 0.15) is 0 Å². The van der Waals surface area contributed by atoms with Gasteiger partial charge < -0.3 is 10.4 Å². The van der Waals surface area contributed by atoms with Crippen LogP contribution >= 0.6 is 0 Å². The number of hydrogen-bond donors (Lipinski definition) is 2. The Hall–Kier alpha value is -1.45. The molecule has 2 N–H and O–H groups in total. The Bertz CT molecular complexity index is 508. The molecule has 19 heavy (non-hydrogen) atoms. The van der Waals surface area contributed by atoms with Crippen LogP contribution in [0.2, 0.25) is 0 Å². The normalized spacial score (nSPS) is 12.7. The van der Waals surface area contributed by atoms with Crippen molar-refractivity contribution in [1.82, 2.24) is 10.3 Å². The molecule has 0 aliphatic rings. The first-order chi connectivity index (χ1) is 9.35. The smallest absolute Gasteiger partial charge is 0.0705 e. The Balaban J connectivity index is 1.98. The summed E-state index contributed by atoms with van der Waals surface area (Å²) < 4.78 is 0. The molecule has 3 nitrogen and oxygen atoms in total. The summed E-state index contributed by atoms with van der Waals surface area (Å²) in [6.45, 7) is 4.25. The maximum atomic E-state index is 8.99. The van der Waals surface area contributed by atoms with Gasteiger partial charge in [-0.25, -0.2) is 0 Å². The standard InChI is InChI=1S/C16H22N2O/c1-2-13(8-10-19)11-17-12-14-7-9-18-16-6-4-3-5-15(14)16/h3-7,9,13,17,19H,2,8,10-12H2,1H3. The minimum absolute atomic E-state index is 0.276. The Morgan fingerprint density at radius 1 is 1.26 bits per heavy atom. The minimum atomic E-state index is 0.276. The lowest BCUT2D eigenvalue weighted by Crippen LogP contribution is -2.23. The van der Waals surface area contributed by atoms with Gasteiger partial charge in [-0.1, -0.05) is 31.5 Å². The van der Waals surface area contributed by atoms with Gasteiger partial charge in [-0.15, -0.1) is 0 Å². The largest absolute Gasteiger partial charge is 0.396 e. The van der Waals surface area contributed by atoms with Crippen LogP contribution in [0.4, 0.5) is 0 Å². The fraction of sp³-hybridized carbons (Fsp3) is 0.438. The fourth-order valence-electron chi connectivity index (χ4n) is 2.35. The van der Waals surface area contributed by atoms with Crippen molar-refractivity contribution in [3.05, 3.63) is 42.1 Å². The third kappa shape index (κ3) is 3.75. The van der Waals surface area contributed by atoms with Crippen molar-refractivity contribution in [3.63, 3.8) is 0 Å². The van der Waals surface area contributed by atoms with Gasteiger partial charge in [0.15, 0.2) is 0 Å². The van der Waals surface area contributed by atoms with Crippen molar-refractivity contribution in [1.29, 1.82) is 0 Å². The molecule has 1 atom stereocenters. The Morgan fingerprint density at radius 2 is 2.11 bits per heavy atom. The maximum Gasteiger partial charge on any atom is 0.0705 e. The van der Waals surface area contributed by atoms with Gasteiger partial charge in [-0.05, 0) is 36.6 Å². The number of para-hydroxylation sites is 1. The highest BCUT2D eigenvalue weighted by Gasteiger charge is 2.06. The molecule has 0 radical (unpaired) electrons. The third-order valence-electron chi connectivity index (χ3n) is 3.60. The van der Waals surface area contributed by atoms with Gasteiger partial charge in [-0.2, -0.15) is 0 Å². The highest BCUT2D eigenvalue weighted by Crippen LogP contribution is 2.16. The molecule has 0 aliphatic heterocycles. The van der Waals surface area contributed by atoms with Crippen molar-refractivity contribution >= 4 is 10.9 Å². The van der Waals surface area contributed by atoms with Crippen molar-refractivity contribution in [3.8, 4) is 0 Å². The molecule has 3 heteroatoms. The lowest BCUT2D eigenvalue weighted by Gasteiger charge is -2.15. The topological polar surface area (TPSA) is 45.1 Å². The minimum Gasteiger partial charge on any atom is -0.396 e. The van der Waals surface area contributed by atoms with Gasteiger partial charge >= 0.3 is 0 Å². The molecule has 1 aromatic carbocycles. The molecule has 0 saturated heterocycles. The van der Waals surface area contributed by atoms with Crippen LogP contribution in [0.25, 0.3) is 10.9 Å². The number of aromatic nitrogens is 1. The summed E-state index contributed by atoms with van der Waals surface area (Å²) in [5, 5.41) is 13.7. The zero-order valence-electron chi connectivity index (χ0n) is 11.5. The maximum absolute atomic E-state index is 8.99. The van der Waals surface area contributed by atoms with Crippen LogP contribution in [0.1, 0.15) is 25.3 Å². The predicted octanol–water partition coefficient (Wildman–Crippen LogP) is 2.73. The summed E-state index contributed by atoms with van der Waals surface area (Å²) in [6.07, 6.45) is 3.84. The van der Waals surface area contributed by atoms with Crippen LogP contribution in [-0.2, 0) is 6.54 Å². The lowest BCUT2D eigenvalue weighted by molar-refractivity contribution is 0.251. The third-order valence-corrected chi connectivity index (χ3v) is 3.60. The van der Waals surface area contributed by atoms with E-state index in [1.54, 1.807) is 0 Å². The molecule has 1 heterocycles. The van der Waals surface area contributed by atoms with E-state index in [1.165, 1.54) is 10.9 Å². The number of rotatable bonds is 7. The molecule has 102 valence electrons. The zero-order chi connectivity index (χ0) is 13.5. The summed E-state index contributed by atoms with van der Waals surface area (Å²) in [7, 11) is 0. The Kier molecular flexibility index (Phi) is 5.31. The molecule has 1 aromatic heterocycles. The molecular weight excluding hydrogens is 236 g/mol. The van der Waals surface area contributed by atoms with E-state index in [0.717, 1.165) is 31.4 Å². The van der Waals surface area contributed by atoms with Gasteiger partial charge in [0.25, 0.3) is 0 Å².